The van der Waals surface area contributed by atoms with E-state index >= 15 is 0 Å². The molecule has 150 valence electrons. The predicted molar refractivity (Wildman–Crippen MR) is 114 cm³/mol. The van der Waals surface area contributed by atoms with Crippen molar-refractivity contribution in [3.63, 3.8) is 0 Å². The molecule has 0 aromatic carbocycles. The van der Waals surface area contributed by atoms with Gasteiger partial charge in [0.1, 0.15) is 5.82 Å². The van der Waals surface area contributed by atoms with Crippen LogP contribution in [-0.4, -0.2) is 36.1 Å². The monoisotopic (exact) mass is 404 g/mol. The summed E-state index contributed by atoms with van der Waals surface area (Å²) in [6.07, 6.45) is 4.93. The minimum atomic E-state index is -0.382. The smallest absolute Gasteiger partial charge is 0.253 e. The number of hydrogen-bond acceptors (Lipinski definition) is 4. The minimum absolute atomic E-state index is 0. The fourth-order valence-electron chi connectivity index (χ4n) is 3.38. The van der Waals surface area contributed by atoms with Crippen LogP contribution in [0.5, 0.6) is 0 Å². The molecular weight excluding hydrogens is 371 g/mol. The number of carbonyl (C=O) groups is 1. The van der Waals surface area contributed by atoms with Crippen LogP contribution < -0.4 is 16.0 Å². The van der Waals surface area contributed by atoms with Crippen LogP contribution >= 0.6 is 24.8 Å². The summed E-state index contributed by atoms with van der Waals surface area (Å²) in [5, 5.41) is 3.08. The number of nitrogens with two attached hydrogens (primary N) is 1. The van der Waals surface area contributed by atoms with Crippen LogP contribution in [-0.2, 0) is 0 Å². The molecule has 1 saturated heterocycles. The normalized spacial score (nSPS) is 17.1. The van der Waals surface area contributed by atoms with Crippen LogP contribution in [0.2, 0.25) is 0 Å². The van der Waals surface area contributed by atoms with Gasteiger partial charge < -0.3 is 16.0 Å². The minimum Gasteiger partial charge on any atom is -0.357 e. The fourth-order valence-corrected chi connectivity index (χ4v) is 3.38. The zero-order chi connectivity index (χ0) is 17.7. The average Bonchev–Trinajstić information content (AvgIpc) is 2.55. The van der Waals surface area contributed by atoms with Gasteiger partial charge in [-0.1, -0.05) is 20.8 Å². The summed E-state index contributed by atoms with van der Waals surface area (Å²) in [7, 11) is 0. The number of rotatable bonds is 6. The Kier molecular flexibility index (Phi) is 10.5. The molecule has 26 heavy (non-hydrogen) atoms. The molecule has 1 aromatic heterocycles. The Labute approximate surface area is 170 Å². The second-order valence-electron chi connectivity index (χ2n) is 7.89. The molecule has 1 unspecified atom stereocenters. The molecule has 2 rings (SSSR count). The van der Waals surface area contributed by atoms with E-state index in [1.165, 1.54) is 12.8 Å². The zero-order valence-corrected chi connectivity index (χ0v) is 18.0. The molecule has 0 spiro atoms. The summed E-state index contributed by atoms with van der Waals surface area (Å²) in [5.74, 6) is 2.12. The average molecular weight is 405 g/mol. The Bertz CT molecular complexity index is 545. The number of pyridine rings is 1. The molecule has 2 heterocycles. The molecule has 0 radical (unpaired) electrons. The van der Waals surface area contributed by atoms with Crippen molar-refractivity contribution in [2.75, 3.05) is 24.5 Å². The van der Waals surface area contributed by atoms with Crippen LogP contribution in [0.25, 0.3) is 0 Å². The van der Waals surface area contributed by atoms with Crippen molar-refractivity contribution in [3.8, 4) is 0 Å². The van der Waals surface area contributed by atoms with Gasteiger partial charge in [-0.15, -0.1) is 24.8 Å². The van der Waals surface area contributed by atoms with Gasteiger partial charge in [0.2, 0.25) is 0 Å². The van der Waals surface area contributed by atoms with Gasteiger partial charge in [-0.2, -0.15) is 0 Å². The highest BCUT2D eigenvalue weighted by atomic mass is 35.5. The molecule has 1 aromatic rings. The molecule has 0 aliphatic carbocycles. The first-order chi connectivity index (χ1) is 11.3. The highest BCUT2D eigenvalue weighted by Gasteiger charge is 2.26. The van der Waals surface area contributed by atoms with E-state index in [1.54, 1.807) is 6.20 Å². The van der Waals surface area contributed by atoms with Crippen molar-refractivity contribution < 1.29 is 4.79 Å². The van der Waals surface area contributed by atoms with Crippen molar-refractivity contribution in [2.45, 2.75) is 52.5 Å². The third-order valence-corrected chi connectivity index (χ3v) is 4.84. The van der Waals surface area contributed by atoms with Crippen LogP contribution in [0.15, 0.2) is 18.3 Å². The van der Waals surface area contributed by atoms with Gasteiger partial charge in [0.05, 0.1) is 5.56 Å². The topological polar surface area (TPSA) is 71.2 Å². The van der Waals surface area contributed by atoms with Crippen LogP contribution in [0.1, 0.15) is 57.3 Å². The number of carbonyl (C=O) groups excluding carboxylic acids is 1. The fraction of sp³-hybridized carbons (Fsp3) is 0.684. The number of anilines is 1. The Balaban J connectivity index is 0.00000312. The molecule has 0 saturated carbocycles. The Morgan fingerprint density at radius 2 is 1.96 bits per heavy atom. The first kappa shape index (κ1) is 25.0. The van der Waals surface area contributed by atoms with Crippen LogP contribution in [0, 0.1) is 11.8 Å². The largest absolute Gasteiger partial charge is 0.357 e. The standard InChI is InChI=1S/C19H32N4O.2ClH/c1-14(2)11-19(4,13-20)22-18(24)16-5-6-17(21-12-16)23-9-7-15(3)8-10-23;;/h5-6,12,14-15H,7-11,13,20H2,1-4H3,(H,22,24);2*1H. The Hall–Kier alpha value is -1.04. The van der Waals surface area contributed by atoms with E-state index in [4.69, 9.17) is 5.73 Å². The maximum absolute atomic E-state index is 12.5. The van der Waals surface area contributed by atoms with Crippen molar-refractivity contribution >= 4 is 36.5 Å². The number of hydrogen-bond donors (Lipinski definition) is 2. The van der Waals surface area contributed by atoms with Crippen molar-refractivity contribution in [2.24, 2.45) is 17.6 Å². The summed E-state index contributed by atoms with van der Waals surface area (Å²) in [4.78, 5) is 19.3. The van der Waals surface area contributed by atoms with Gasteiger partial charge in [0, 0.05) is 31.4 Å². The third kappa shape index (κ3) is 6.93. The van der Waals surface area contributed by atoms with Crippen molar-refractivity contribution in [1.82, 2.24) is 10.3 Å². The van der Waals surface area contributed by atoms with E-state index in [1.807, 2.05) is 19.1 Å². The molecule has 7 heteroatoms. The third-order valence-electron chi connectivity index (χ3n) is 4.84. The second-order valence-corrected chi connectivity index (χ2v) is 7.89. The molecule has 1 fully saturated rings. The number of aromatic nitrogens is 1. The van der Waals surface area contributed by atoms with E-state index in [0.29, 0.717) is 18.0 Å². The van der Waals surface area contributed by atoms with Crippen molar-refractivity contribution in [3.05, 3.63) is 23.9 Å². The molecule has 0 bridgehead atoms. The van der Waals surface area contributed by atoms with E-state index < -0.39 is 0 Å². The lowest BCUT2D eigenvalue weighted by Crippen LogP contribution is -2.52. The van der Waals surface area contributed by atoms with Gasteiger partial charge in [0.25, 0.3) is 5.91 Å². The quantitative estimate of drug-likeness (QED) is 0.758. The molecule has 1 aliphatic heterocycles. The summed E-state index contributed by atoms with van der Waals surface area (Å²) in [5.41, 5.74) is 6.09. The molecule has 1 amide bonds. The number of piperidine rings is 1. The maximum Gasteiger partial charge on any atom is 0.253 e. The van der Waals surface area contributed by atoms with Crippen LogP contribution in [0.4, 0.5) is 5.82 Å². The predicted octanol–water partition coefficient (Wildman–Crippen LogP) is 3.65. The van der Waals surface area contributed by atoms with Gasteiger partial charge in [-0.3, -0.25) is 4.79 Å². The molecule has 5 nitrogen and oxygen atoms in total. The van der Waals surface area contributed by atoms with Crippen molar-refractivity contribution in [1.29, 1.82) is 0 Å². The van der Waals surface area contributed by atoms with E-state index in [9.17, 15) is 4.79 Å². The number of nitrogens with one attached hydrogen (secondary N) is 1. The summed E-state index contributed by atoms with van der Waals surface area (Å²) in [6, 6.07) is 3.81. The molecule has 1 atom stereocenters. The first-order valence-electron chi connectivity index (χ1n) is 9.06. The van der Waals surface area contributed by atoms with E-state index in [2.05, 4.69) is 36.0 Å². The molecular formula is C19H34Cl2N4O. The van der Waals surface area contributed by atoms with Gasteiger partial charge in [0.15, 0.2) is 0 Å². The summed E-state index contributed by atoms with van der Waals surface area (Å²) < 4.78 is 0. The SMILES string of the molecule is CC(C)CC(C)(CN)NC(=O)c1ccc(N2CCC(C)CC2)nc1.Cl.Cl. The Morgan fingerprint density at radius 1 is 1.35 bits per heavy atom. The van der Waals surface area contributed by atoms with Gasteiger partial charge >= 0.3 is 0 Å². The first-order valence-corrected chi connectivity index (χ1v) is 9.06. The molecule has 1 aliphatic rings. The molecule has 3 N–H and O–H groups in total. The lowest BCUT2D eigenvalue weighted by Gasteiger charge is -2.32. The van der Waals surface area contributed by atoms with Crippen LogP contribution in [0.3, 0.4) is 0 Å². The number of amides is 1. The summed E-state index contributed by atoms with van der Waals surface area (Å²) in [6.45, 7) is 11.1. The number of nitrogens with zero attached hydrogens (tertiary/aromatic N) is 2. The Morgan fingerprint density at radius 3 is 2.42 bits per heavy atom. The zero-order valence-electron chi connectivity index (χ0n) is 16.3. The number of halogens is 2. The summed E-state index contributed by atoms with van der Waals surface area (Å²) >= 11 is 0. The van der Waals surface area contributed by atoms with Gasteiger partial charge in [-0.05, 0) is 50.2 Å². The van der Waals surface area contributed by atoms with E-state index in [0.717, 1.165) is 31.2 Å². The lowest BCUT2D eigenvalue weighted by molar-refractivity contribution is 0.0898. The highest BCUT2D eigenvalue weighted by molar-refractivity contribution is 5.94. The second kappa shape index (κ2) is 11.0. The van der Waals surface area contributed by atoms with E-state index in [-0.39, 0.29) is 36.3 Å². The highest BCUT2D eigenvalue weighted by Crippen LogP contribution is 2.21. The maximum atomic E-state index is 12.5. The lowest BCUT2D eigenvalue weighted by atomic mass is 9.90. The van der Waals surface area contributed by atoms with Gasteiger partial charge in [-0.25, -0.2) is 4.98 Å².